The number of benzene rings is 1. The highest BCUT2D eigenvalue weighted by atomic mass is 32.2. The third-order valence-corrected chi connectivity index (χ3v) is 6.49. The standard InChI is InChI=1S/C18H22N4O5S/c1-13(12-19)27-18(23)6-5-17-20-15-11-14(3-4-16(15)21(17)2)28(24,25)22-7-9-26-10-8-22/h3-4,11,13H,5-10H2,1-2H3/t13-/m0/s1. The minimum atomic E-state index is -3.60. The van der Waals surface area contributed by atoms with Crippen LogP contribution in [0.25, 0.3) is 11.0 Å². The molecule has 1 aromatic carbocycles. The summed E-state index contributed by atoms with van der Waals surface area (Å²) in [7, 11) is -1.79. The first-order valence-electron chi connectivity index (χ1n) is 8.95. The van der Waals surface area contributed by atoms with Gasteiger partial charge >= 0.3 is 5.97 Å². The summed E-state index contributed by atoms with van der Waals surface area (Å²) >= 11 is 0. The first-order valence-corrected chi connectivity index (χ1v) is 10.4. The zero-order valence-corrected chi connectivity index (χ0v) is 16.6. The molecule has 28 heavy (non-hydrogen) atoms. The molecule has 0 unspecified atom stereocenters. The van der Waals surface area contributed by atoms with Crippen molar-refractivity contribution in [3.63, 3.8) is 0 Å². The van der Waals surface area contributed by atoms with Crippen molar-refractivity contribution in [2.24, 2.45) is 7.05 Å². The van der Waals surface area contributed by atoms with Gasteiger partial charge in [-0.3, -0.25) is 4.79 Å². The molecule has 0 N–H and O–H groups in total. The second-order valence-corrected chi connectivity index (χ2v) is 8.45. The van der Waals surface area contributed by atoms with Gasteiger partial charge in [0, 0.05) is 26.6 Å². The van der Waals surface area contributed by atoms with E-state index in [1.165, 1.54) is 11.2 Å². The van der Waals surface area contributed by atoms with Gasteiger partial charge in [-0.25, -0.2) is 13.4 Å². The highest BCUT2D eigenvalue weighted by Gasteiger charge is 2.27. The number of nitriles is 1. The molecule has 0 bridgehead atoms. The molecule has 0 aliphatic carbocycles. The lowest BCUT2D eigenvalue weighted by molar-refractivity contribution is -0.145. The number of carbonyl (C=O) groups is 1. The molecule has 2 aromatic rings. The third-order valence-electron chi connectivity index (χ3n) is 4.60. The van der Waals surface area contributed by atoms with Gasteiger partial charge in [0.25, 0.3) is 0 Å². The van der Waals surface area contributed by atoms with Crippen LogP contribution in [0.1, 0.15) is 19.2 Å². The van der Waals surface area contributed by atoms with E-state index in [0.717, 1.165) is 5.52 Å². The Bertz CT molecular complexity index is 1020. The van der Waals surface area contributed by atoms with Crippen LogP contribution in [-0.4, -0.2) is 60.7 Å². The predicted molar refractivity (Wildman–Crippen MR) is 99.8 cm³/mol. The number of sulfonamides is 1. The average molecular weight is 406 g/mol. The maximum absolute atomic E-state index is 12.8. The molecule has 3 rings (SSSR count). The van der Waals surface area contributed by atoms with Crippen LogP contribution in [0.5, 0.6) is 0 Å². The smallest absolute Gasteiger partial charge is 0.307 e. The fourth-order valence-electron chi connectivity index (χ4n) is 3.05. The van der Waals surface area contributed by atoms with Crippen molar-refractivity contribution >= 4 is 27.0 Å². The molecular formula is C18H22N4O5S. The molecule has 10 heteroatoms. The number of aromatic nitrogens is 2. The van der Waals surface area contributed by atoms with Crippen molar-refractivity contribution in [1.29, 1.82) is 5.26 Å². The van der Waals surface area contributed by atoms with Crippen molar-refractivity contribution in [3.8, 4) is 6.07 Å². The first kappa shape index (κ1) is 20.3. The van der Waals surface area contributed by atoms with E-state index in [1.54, 1.807) is 18.2 Å². The Morgan fingerprint density at radius 3 is 2.79 bits per heavy atom. The minimum absolute atomic E-state index is 0.0854. The molecule has 150 valence electrons. The van der Waals surface area contributed by atoms with Crippen molar-refractivity contribution < 1.29 is 22.7 Å². The maximum Gasteiger partial charge on any atom is 0.307 e. The number of rotatable bonds is 6. The van der Waals surface area contributed by atoms with Crippen LogP contribution >= 0.6 is 0 Å². The lowest BCUT2D eigenvalue weighted by Gasteiger charge is -2.26. The Morgan fingerprint density at radius 2 is 2.11 bits per heavy atom. The van der Waals surface area contributed by atoms with E-state index in [2.05, 4.69) is 4.98 Å². The van der Waals surface area contributed by atoms with E-state index in [-0.39, 0.29) is 11.3 Å². The number of fused-ring (bicyclic) bond motifs is 1. The molecule has 1 aliphatic rings. The Hall–Kier alpha value is -2.48. The summed E-state index contributed by atoms with van der Waals surface area (Å²) < 4.78 is 39.0. The van der Waals surface area contributed by atoms with Gasteiger partial charge in [0.1, 0.15) is 11.9 Å². The molecule has 0 saturated carbocycles. The van der Waals surface area contributed by atoms with Crippen LogP contribution in [0.3, 0.4) is 0 Å². The summed E-state index contributed by atoms with van der Waals surface area (Å²) in [6, 6.07) is 6.69. The van der Waals surface area contributed by atoms with Gasteiger partial charge in [-0.05, 0) is 25.1 Å². The number of hydrogen-bond donors (Lipinski definition) is 0. The van der Waals surface area contributed by atoms with Crippen molar-refractivity contribution in [2.75, 3.05) is 26.3 Å². The Kier molecular flexibility index (Phi) is 5.98. The number of carbonyl (C=O) groups excluding carboxylic acids is 1. The lowest BCUT2D eigenvalue weighted by atomic mass is 10.3. The lowest BCUT2D eigenvalue weighted by Crippen LogP contribution is -2.40. The van der Waals surface area contributed by atoms with Gasteiger partial charge in [-0.15, -0.1) is 0 Å². The molecule has 1 fully saturated rings. The number of ether oxygens (including phenoxy) is 2. The van der Waals surface area contributed by atoms with Crippen molar-refractivity contribution in [1.82, 2.24) is 13.9 Å². The van der Waals surface area contributed by atoms with E-state index < -0.39 is 22.1 Å². The third kappa shape index (κ3) is 4.16. The van der Waals surface area contributed by atoms with Crippen LogP contribution in [0, 0.1) is 11.3 Å². The Labute approximate surface area is 163 Å². The molecule has 1 atom stereocenters. The topological polar surface area (TPSA) is 115 Å². The number of hydrogen-bond acceptors (Lipinski definition) is 7. The van der Waals surface area contributed by atoms with Crippen LogP contribution in [0.2, 0.25) is 0 Å². The highest BCUT2D eigenvalue weighted by molar-refractivity contribution is 7.89. The van der Waals surface area contributed by atoms with E-state index >= 15 is 0 Å². The van der Waals surface area contributed by atoms with Gasteiger partial charge in [0.15, 0.2) is 6.10 Å². The van der Waals surface area contributed by atoms with Crippen molar-refractivity contribution in [3.05, 3.63) is 24.0 Å². The Balaban J connectivity index is 1.80. The zero-order valence-electron chi connectivity index (χ0n) is 15.8. The van der Waals surface area contributed by atoms with Gasteiger partial charge in [0.05, 0.1) is 35.6 Å². The number of morpholine rings is 1. The van der Waals surface area contributed by atoms with Gasteiger partial charge < -0.3 is 14.0 Å². The fourth-order valence-corrected chi connectivity index (χ4v) is 4.47. The van der Waals surface area contributed by atoms with Gasteiger partial charge in [-0.1, -0.05) is 0 Å². The molecule has 1 saturated heterocycles. The van der Waals surface area contributed by atoms with Crippen LogP contribution in [0.4, 0.5) is 0 Å². The number of aryl methyl sites for hydroxylation is 2. The van der Waals surface area contributed by atoms with Gasteiger partial charge in [-0.2, -0.15) is 9.57 Å². The molecule has 1 aliphatic heterocycles. The summed E-state index contributed by atoms with van der Waals surface area (Å²) in [6.45, 7) is 2.93. The fraction of sp³-hybridized carbons (Fsp3) is 0.500. The number of imidazole rings is 1. The average Bonchev–Trinajstić information content (AvgIpc) is 3.02. The summed E-state index contributed by atoms with van der Waals surface area (Å²) in [5, 5.41) is 8.69. The summed E-state index contributed by atoms with van der Waals surface area (Å²) in [5.41, 5.74) is 1.32. The van der Waals surface area contributed by atoms with E-state index in [1.807, 2.05) is 17.7 Å². The quantitative estimate of drug-likeness (QED) is 0.657. The largest absolute Gasteiger partial charge is 0.447 e. The molecule has 2 heterocycles. The Morgan fingerprint density at radius 1 is 1.39 bits per heavy atom. The van der Waals surface area contributed by atoms with E-state index in [4.69, 9.17) is 14.7 Å². The van der Waals surface area contributed by atoms with Crippen molar-refractivity contribution in [2.45, 2.75) is 30.8 Å². The summed E-state index contributed by atoms with van der Waals surface area (Å²) in [6.07, 6.45) is -0.378. The molecule has 1 aromatic heterocycles. The van der Waals surface area contributed by atoms with Crippen LogP contribution < -0.4 is 0 Å². The molecule has 0 amide bonds. The second kappa shape index (κ2) is 8.26. The number of esters is 1. The van der Waals surface area contributed by atoms with Crippen LogP contribution in [-0.2, 0) is 37.8 Å². The molecular weight excluding hydrogens is 384 g/mol. The van der Waals surface area contributed by atoms with E-state index in [0.29, 0.717) is 44.1 Å². The van der Waals surface area contributed by atoms with Crippen LogP contribution in [0.15, 0.2) is 23.1 Å². The van der Waals surface area contributed by atoms with Gasteiger partial charge in [0.2, 0.25) is 10.0 Å². The normalized spacial score (nSPS) is 16.6. The molecule has 9 nitrogen and oxygen atoms in total. The first-order chi connectivity index (χ1) is 13.3. The molecule has 0 radical (unpaired) electrons. The number of nitrogens with zero attached hydrogens (tertiary/aromatic N) is 4. The second-order valence-electron chi connectivity index (χ2n) is 6.52. The zero-order chi connectivity index (χ0) is 20.3. The summed E-state index contributed by atoms with van der Waals surface area (Å²) in [5.74, 6) is 0.161. The van der Waals surface area contributed by atoms with E-state index in [9.17, 15) is 13.2 Å². The predicted octanol–water partition coefficient (Wildman–Crippen LogP) is 0.982. The minimum Gasteiger partial charge on any atom is -0.447 e. The molecule has 0 spiro atoms. The maximum atomic E-state index is 12.8. The summed E-state index contributed by atoms with van der Waals surface area (Å²) in [4.78, 5) is 16.4. The monoisotopic (exact) mass is 406 g/mol. The SMILES string of the molecule is C[C@@H](C#N)OC(=O)CCc1nc2cc(S(=O)(=O)N3CCOCC3)ccc2n1C. The highest BCUT2D eigenvalue weighted by Crippen LogP contribution is 2.23.